The van der Waals surface area contributed by atoms with E-state index in [1.807, 2.05) is 6.92 Å². The van der Waals surface area contributed by atoms with Crippen LogP contribution < -0.4 is 5.32 Å². The molecule has 1 atom stereocenters. The summed E-state index contributed by atoms with van der Waals surface area (Å²) < 4.78 is 0. The molecule has 3 fully saturated rings. The molecule has 0 aromatic heterocycles. The van der Waals surface area contributed by atoms with Gasteiger partial charge in [0, 0.05) is 6.04 Å². The Balaban J connectivity index is 1.84. The van der Waals surface area contributed by atoms with Crippen LogP contribution in [-0.2, 0) is 9.59 Å². The van der Waals surface area contributed by atoms with Gasteiger partial charge >= 0.3 is 6.03 Å². The molecule has 5 heteroatoms. The van der Waals surface area contributed by atoms with Gasteiger partial charge in [-0.2, -0.15) is 0 Å². The highest BCUT2D eigenvalue weighted by Gasteiger charge is 2.63. The molecule has 3 aliphatic rings. The van der Waals surface area contributed by atoms with Crippen LogP contribution >= 0.6 is 0 Å². The third kappa shape index (κ3) is 1.95. The molecule has 1 N–H and O–H groups in total. The Morgan fingerprint density at radius 2 is 1.85 bits per heavy atom. The summed E-state index contributed by atoms with van der Waals surface area (Å²) in [5.41, 5.74) is -0.907. The highest BCUT2D eigenvalue weighted by atomic mass is 16.2. The maximum absolute atomic E-state index is 12.6. The molecule has 20 heavy (non-hydrogen) atoms. The van der Waals surface area contributed by atoms with E-state index in [2.05, 4.69) is 5.32 Å². The molecule has 0 radical (unpaired) electrons. The van der Waals surface area contributed by atoms with E-state index in [9.17, 15) is 14.4 Å². The molecule has 1 heterocycles. The van der Waals surface area contributed by atoms with E-state index in [1.165, 1.54) is 24.2 Å². The number of rotatable bonds is 3. The van der Waals surface area contributed by atoms with Crippen LogP contribution in [0.25, 0.3) is 0 Å². The molecule has 2 saturated carbocycles. The number of amides is 4. The Morgan fingerprint density at radius 3 is 2.40 bits per heavy atom. The minimum absolute atomic E-state index is 0.0478. The lowest BCUT2D eigenvalue weighted by atomic mass is 9.81. The fraction of sp³-hybridized carbons (Fsp3) is 0.800. The van der Waals surface area contributed by atoms with E-state index in [0.29, 0.717) is 18.8 Å². The number of barbiturate groups is 1. The van der Waals surface area contributed by atoms with E-state index in [0.717, 1.165) is 19.3 Å². The molecule has 4 amide bonds. The summed E-state index contributed by atoms with van der Waals surface area (Å²) in [7, 11) is 0. The number of nitrogens with one attached hydrogen (secondary N) is 1. The minimum atomic E-state index is -0.907. The number of urea groups is 1. The summed E-state index contributed by atoms with van der Waals surface area (Å²) >= 11 is 0. The van der Waals surface area contributed by atoms with Crippen molar-refractivity contribution in [3.8, 4) is 0 Å². The quantitative estimate of drug-likeness (QED) is 0.805. The zero-order valence-corrected chi connectivity index (χ0v) is 12.0. The van der Waals surface area contributed by atoms with Crippen LogP contribution in [-0.4, -0.2) is 28.8 Å². The van der Waals surface area contributed by atoms with Gasteiger partial charge in [-0.15, -0.1) is 0 Å². The van der Waals surface area contributed by atoms with Crippen LogP contribution in [0.3, 0.4) is 0 Å². The number of imide groups is 2. The van der Waals surface area contributed by atoms with Crippen molar-refractivity contribution in [3.05, 3.63) is 0 Å². The molecular formula is C15H22N2O3. The van der Waals surface area contributed by atoms with Gasteiger partial charge in [0.05, 0.1) is 0 Å². The average Bonchev–Trinajstić information content (AvgIpc) is 3.24. The van der Waals surface area contributed by atoms with Crippen LogP contribution in [0, 0.1) is 11.3 Å². The van der Waals surface area contributed by atoms with Gasteiger partial charge < -0.3 is 0 Å². The number of carbonyl (C=O) groups is 3. The van der Waals surface area contributed by atoms with Crippen molar-refractivity contribution in [1.82, 2.24) is 10.2 Å². The third-order valence-electron chi connectivity index (χ3n) is 5.20. The van der Waals surface area contributed by atoms with Gasteiger partial charge in [-0.25, -0.2) is 4.79 Å². The molecule has 0 aromatic rings. The molecule has 0 bridgehead atoms. The van der Waals surface area contributed by atoms with Crippen molar-refractivity contribution in [2.24, 2.45) is 11.3 Å². The van der Waals surface area contributed by atoms with Gasteiger partial charge in [0.15, 0.2) is 0 Å². The van der Waals surface area contributed by atoms with Gasteiger partial charge in [-0.3, -0.25) is 19.8 Å². The summed E-state index contributed by atoms with van der Waals surface area (Å²) in [5.74, 6) is -0.238. The number of carbonyl (C=O) groups excluding carboxylic acids is 3. The van der Waals surface area contributed by atoms with E-state index in [1.54, 1.807) is 0 Å². The Morgan fingerprint density at radius 1 is 1.20 bits per heavy atom. The number of hydrogen-bond donors (Lipinski definition) is 1. The monoisotopic (exact) mass is 278 g/mol. The van der Waals surface area contributed by atoms with E-state index in [-0.39, 0.29) is 17.9 Å². The molecule has 2 aliphatic carbocycles. The molecule has 1 saturated heterocycles. The first-order valence-electron chi connectivity index (χ1n) is 7.79. The molecule has 1 unspecified atom stereocenters. The lowest BCUT2D eigenvalue weighted by Crippen LogP contribution is -2.63. The van der Waals surface area contributed by atoms with Crippen molar-refractivity contribution in [1.29, 1.82) is 0 Å². The van der Waals surface area contributed by atoms with Crippen LogP contribution in [0.4, 0.5) is 4.79 Å². The summed E-state index contributed by atoms with van der Waals surface area (Å²) in [5, 5.41) is 2.39. The second-order valence-electron chi connectivity index (χ2n) is 6.39. The Labute approximate surface area is 119 Å². The summed E-state index contributed by atoms with van der Waals surface area (Å²) in [6.07, 6.45) is 7.70. The van der Waals surface area contributed by atoms with Gasteiger partial charge in [0.1, 0.15) is 5.41 Å². The van der Waals surface area contributed by atoms with Crippen LogP contribution in [0.2, 0.25) is 0 Å². The standard InChI is InChI=1S/C15H22N2O3/c1-2-11(10-6-4-3-5-7-10)17-13(19)15(8-9-15)12(18)16-14(17)20/h10-11H,2-9H2,1H3,(H,16,18,20). The van der Waals surface area contributed by atoms with Crippen molar-refractivity contribution >= 4 is 17.8 Å². The molecular weight excluding hydrogens is 256 g/mol. The topological polar surface area (TPSA) is 66.5 Å². The lowest BCUT2D eigenvalue weighted by molar-refractivity contribution is -0.147. The first-order chi connectivity index (χ1) is 9.60. The van der Waals surface area contributed by atoms with E-state index < -0.39 is 11.4 Å². The average molecular weight is 278 g/mol. The van der Waals surface area contributed by atoms with Gasteiger partial charge in [-0.1, -0.05) is 26.2 Å². The fourth-order valence-corrected chi connectivity index (χ4v) is 3.81. The number of nitrogens with zero attached hydrogens (tertiary/aromatic N) is 1. The predicted octanol–water partition coefficient (Wildman–Crippen LogP) is 2.20. The molecule has 110 valence electrons. The van der Waals surface area contributed by atoms with E-state index >= 15 is 0 Å². The first-order valence-corrected chi connectivity index (χ1v) is 7.79. The predicted molar refractivity (Wildman–Crippen MR) is 72.7 cm³/mol. The van der Waals surface area contributed by atoms with Crippen LogP contribution in [0.1, 0.15) is 58.3 Å². The third-order valence-corrected chi connectivity index (χ3v) is 5.20. The van der Waals surface area contributed by atoms with Gasteiger partial charge in [0.2, 0.25) is 11.8 Å². The van der Waals surface area contributed by atoms with Crippen molar-refractivity contribution in [2.75, 3.05) is 0 Å². The molecule has 5 nitrogen and oxygen atoms in total. The van der Waals surface area contributed by atoms with Crippen molar-refractivity contribution < 1.29 is 14.4 Å². The first kappa shape index (κ1) is 13.6. The second-order valence-corrected chi connectivity index (χ2v) is 6.39. The smallest absolute Gasteiger partial charge is 0.277 e. The van der Waals surface area contributed by atoms with Crippen molar-refractivity contribution in [2.45, 2.75) is 64.3 Å². The zero-order chi connectivity index (χ0) is 14.3. The summed E-state index contributed by atoms with van der Waals surface area (Å²) in [6, 6.07) is -0.552. The summed E-state index contributed by atoms with van der Waals surface area (Å²) in [6.45, 7) is 2.02. The molecule has 3 rings (SSSR count). The van der Waals surface area contributed by atoms with Gasteiger partial charge in [0.25, 0.3) is 0 Å². The molecule has 1 spiro atoms. The largest absolute Gasteiger partial charge is 0.331 e. The zero-order valence-electron chi connectivity index (χ0n) is 12.0. The Bertz CT molecular complexity index is 450. The second kappa shape index (κ2) is 4.86. The Hall–Kier alpha value is -1.39. The normalized spacial score (nSPS) is 27.6. The van der Waals surface area contributed by atoms with E-state index in [4.69, 9.17) is 0 Å². The molecule has 0 aromatic carbocycles. The lowest BCUT2D eigenvalue weighted by Gasteiger charge is -2.40. The molecule has 1 aliphatic heterocycles. The Kier molecular flexibility index (Phi) is 3.30. The SMILES string of the molecule is CCC(C1CCCCC1)N1C(=O)NC(=O)C2(CC2)C1=O. The van der Waals surface area contributed by atoms with Gasteiger partial charge in [-0.05, 0) is 38.0 Å². The number of hydrogen-bond acceptors (Lipinski definition) is 3. The highest BCUT2D eigenvalue weighted by Crippen LogP contribution is 2.50. The fourth-order valence-electron chi connectivity index (χ4n) is 3.81. The maximum atomic E-state index is 12.6. The summed E-state index contributed by atoms with van der Waals surface area (Å²) in [4.78, 5) is 38.0. The highest BCUT2D eigenvalue weighted by molar-refractivity contribution is 6.21. The van der Waals surface area contributed by atoms with Crippen LogP contribution in [0.5, 0.6) is 0 Å². The van der Waals surface area contributed by atoms with Crippen molar-refractivity contribution in [3.63, 3.8) is 0 Å². The maximum Gasteiger partial charge on any atom is 0.331 e. The minimum Gasteiger partial charge on any atom is -0.277 e. The van der Waals surface area contributed by atoms with Crippen LogP contribution in [0.15, 0.2) is 0 Å².